The largest absolute Gasteiger partial charge is 0.0625 e. The Morgan fingerprint density at radius 1 is 0.184 bits per heavy atom. The van der Waals surface area contributed by atoms with Gasteiger partial charge >= 0.3 is 0 Å². The summed E-state index contributed by atoms with van der Waals surface area (Å²) in [6.07, 6.45) is 37.9. The average molecular weight is 523 g/mol. The Balaban J connectivity index is 0.866. The summed E-state index contributed by atoms with van der Waals surface area (Å²) in [7, 11) is 0. The maximum absolute atomic E-state index is 2.48. The highest BCUT2D eigenvalue weighted by atomic mass is 14.4. The van der Waals surface area contributed by atoms with Crippen LogP contribution in [-0.2, 0) is 0 Å². The highest BCUT2D eigenvalue weighted by Gasteiger charge is 2.38. The molecule has 6 aliphatic rings. The lowest BCUT2D eigenvalue weighted by Crippen LogP contribution is -2.33. The lowest BCUT2D eigenvalue weighted by atomic mass is 9.61. The first-order valence-electron chi connectivity index (χ1n) is 18.6. The van der Waals surface area contributed by atoms with Gasteiger partial charge in [-0.3, -0.25) is 0 Å². The number of hydrogen-bond donors (Lipinski definition) is 0. The van der Waals surface area contributed by atoms with E-state index < -0.39 is 0 Å². The summed E-state index contributed by atoms with van der Waals surface area (Å²) in [5, 5.41) is 0. The second kappa shape index (κ2) is 13.3. The van der Waals surface area contributed by atoms with Crippen molar-refractivity contribution in [2.24, 2.45) is 71.0 Å². The molecule has 0 heterocycles. The van der Waals surface area contributed by atoms with E-state index in [-0.39, 0.29) is 0 Å². The predicted octanol–water partition coefficient (Wildman–Crippen LogP) is 11.9. The van der Waals surface area contributed by atoms with Gasteiger partial charge in [0.2, 0.25) is 0 Å². The summed E-state index contributed by atoms with van der Waals surface area (Å²) in [5.41, 5.74) is 0. The minimum Gasteiger partial charge on any atom is -0.0625 e. The first kappa shape index (κ1) is 28.1. The van der Waals surface area contributed by atoms with Crippen LogP contribution >= 0.6 is 0 Å². The van der Waals surface area contributed by atoms with Crippen LogP contribution in [0.3, 0.4) is 0 Å². The lowest BCUT2D eigenvalue weighted by molar-refractivity contribution is 0.0709. The van der Waals surface area contributed by atoms with Crippen LogP contribution in [0.25, 0.3) is 0 Å². The van der Waals surface area contributed by atoms with E-state index in [2.05, 4.69) is 13.8 Å². The third kappa shape index (κ3) is 6.89. The number of hydrogen-bond acceptors (Lipinski definition) is 0. The molecule has 0 amide bonds. The van der Waals surface area contributed by atoms with E-state index in [4.69, 9.17) is 0 Å². The van der Waals surface area contributed by atoms with Gasteiger partial charge in [0.25, 0.3) is 0 Å². The summed E-state index contributed by atoms with van der Waals surface area (Å²) in [5.74, 6) is 13.1. The molecule has 0 nitrogen and oxygen atoms in total. The fraction of sp³-hybridized carbons (Fsp3) is 1.00. The SMILES string of the molecule is CC1CCC(C2CCC(C3CCC(C4CCC(C5CCC(C6CCC(C)CC6)CC5)CC4)CC3)CC2)CC1. The van der Waals surface area contributed by atoms with Gasteiger partial charge in [0, 0.05) is 0 Å². The quantitative estimate of drug-likeness (QED) is 0.337. The molecule has 0 bridgehead atoms. The summed E-state index contributed by atoms with van der Waals surface area (Å²) < 4.78 is 0. The molecule has 0 aromatic heterocycles. The van der Waals surface area contributed by atoms with Crippen molar-refractivity contribution in [3.63, 3.8) is 0 Å². The van der Waals surface area contributed by atoms with E-state index >= 15 is 0 Å². The van der Waals surface area contributed by atoms with Gasteiger partial charge in [-0.15, -0.1) is 0 Å². The molecule has 6 fully saturated rings. The van der Waals surface area contributed by atoms with Gasteiger partial charge in [0.15, 0.2) is 0 Å². The molecule has 6 aliphatic carbocycles. The average Bonchev–Trinajstić information content (AvgIpc) is 2.98. The van der Waals surface area contributed by atoms with Crippen molar-refractivity contribution in [3.8, 4) is 0 Å². The minimum atomic E-state index is 1.02. The molecule has 0 aliphatic heterocycles. The summed E-state index contributed by atoms with van der Waals surface area (Å²) in [6, 6.07) is 0. The predicted molar refractivity (Wildman–Crippen MR) is 164 cm³/mol. The van der Waals surface area contributed by atoms with Gasteiger partial charge in [0.1, 0.15) is 0 Å². The van der Waals surface area contributed by atoms with Crippen molar-refractivity contribution in [1.82, 2.24) is 0 Å². The normalized spacial score (nSPS) is 49.4. The van der Waals surface area contributed by atoms with Crippen molar-refractivity contribution in [2.75, 3.05) is 0 Å². The molecule has 0 atom stereocenters. The second-order valence-electron chi connectivity index (χ2n) is 16.7. The highest BCUT2D eigenvalue weighted by molar-refractivity contribution is 4.90. The van der Waals surface area contributed by atoms with Crippen LogP contribution in [0.1, 0.15) is 168 Å². The Hall–Kier alpha value is 0. The smallest absolute Gasteiger partial charge is 0.0386 e. The maximum Gasteiger partial charge on any atom is -0.0386 e. The van der Waals surface area contributed by atoms with Crippen molar-refractivity contribution < 1.29 is 0 Å². The summed E-state index contributed by atoms with van der Waals surface area (Å²) in [6.45, 7) is 4.97. The van der Waals surface area contributed by atoms with E-state index in [1.165, 1.54) is 25.7 Å². The fourth-order valence-electron chi connectivity index (χ4n) is 11.9. The molecule has 0 unspecified atom stereocenters. The van der Waals surface area contributed by atoms with Gasteiger partial charge < -0.3 is 0 Å². The summed E-state index contributed by atoms with van der Waals surface area (Å²) >= 11 is 0. The molecular formula is C38H66. The topological polar surface area (TPSA) is 0 Å². The van der Waals surface area contributed by atoms with Crippen molar-refractivity contribution in [2.45, 2.75) is 168 Å². The zero-order valence-electron chi connectivity index (χ0n) is 25.9. The molecule has 0 spiro atoms. The van der Waals surface area contributed by atoms with E-state index in [9.17, 15) is 0 Å². The molecule has 0 aromatic carbocycles. The molecule has 218 valence electrons. The van der Waals surface area contributed by atoms with Crippen LogP contribution in [-0.4, -0.2) is 0 Å². The summed E-state index contributed by atoms with van der Waals surface area (Å²) in [4.78, 5) is 0. The monoisotopic (exact) mass is 523 g/mol. The van der Waals surface area contributed by atoms with Crippen LogP contribution in [0.2, 0.25) is 0 Å². The zero-order chi connectivity index (χ0) is 25.9. The lowest BCUT2D eigenvalue weighted by Gasteiger charge is -2.44. The van der Waals surface area contributed by atoms with Crippen LogP contribution < -0.4 is 0 Å². The van der Waals surface area contributed by atoms with Crippen LogP contribution in [0.15, 0.2) is 0 Å². The molecule has 6 saturated carbocycles. The van der Waals surface area contributed by atoms with E-state index in [1.54, 1.807) is 128 Å². The van der Waals surface area contributed by atoms with Gasteiger partial charge in [-0.2, -0.15) is 0 Å². The van der Waals surface area contributed by atoms with Gasteiger partial charge in [-0.25, -0.2) is 0 Å². The van der Waals surface area contributed by atoms with Crippen molar-refractivity contribution >= 4 is 0 Å². The molecule has 38 heavy (non-hydrogen) atoms. The van der Waals surface area contributed by atoms with Crippen molar-refractivity contribution in [1.29, 1.82) is 0 Å². The van der Waals surface area contributed by atoms with Gasteiger partial charge in [-0.05, 0) is 199 Å². The second-order valence-corrected chi connectivity index (χ2v) is 16.7. The van der Waals surface area contributed by atoms with Crippen LogP contribution in [0.4, 0.5) is 0 Å². The molecule has 0 saturated heterocycles. The standard InChI is InChI=1S/C38H66/c1-27-3-7-29(8-4-27)31-11-15-33(16-12-31)35-19-23-37(24-20-35)38-25-21-36(22-26-38)34-17-13-32(14-18-34)30-9-5-28(2)6-10-30/h27-38H,3-26H2,1-2H3. The Bertz CT molecular complexity index is 601. The maximum atomic E-state index is 2.48. The van der Waals surface area contributed by atoms with E-state index in [1.807, 2.05) is 0 Å². The highest BCUT2D eigenvalue weighted by Crippen LogP contribution is 2.50. The Morgan fingerprint density at radius 3 is 0.421 bits per heavy atom. The fourth-order valence-corrected chi connectivity index (χ4v) is 11.9. The first-order chi connectivity index (χ1) is 18.6. The molecule has 6 rings (SSSR count). The van der Waals surface area contributed by atoms with Gasteiger partial charge in [-0.1, -0.05) is 39.5 Å². The van der Waals surface area contributed by atoms with E-state index in [0.717, 1.165) is 71.0 Å². The van der Waals surface area contributed by atoms with Crippen LogP contribution in [0.5, 0.6) is 0 Å². The van der Waals surface area contributed by atoms with Crippen LogP contribution in [0, 0.1) is 71.0 Å². The Labute approximate surface area is 238 Å². The Kier molecular flexibility index (Phi) is 9.86. The first-order valence-corrected chi connectivity index (χ1v) is 18.6. The third-order valence-electron chi connectivity index (χ3n) is 14.7. The number of rotatable bonds is 5. The molecule has 0 N–H and O–H groups in total. The molecule has 0 heteroatoms. The Morgan fingerprint density at radius 2 is 0.289 bits per heavy atom. The van der Waals surface area contributed by atoms with E-state index in [0.29, 0.717) is 0 Å². The van der Waals surface area contributed by atoms with Gasteiger partial charge in [0.05, 0.1) is 0 Å². The molecular weight excluding hydrogens is 456 g/mol. The minimum absolute atomic E-state index is 1.02. The third-order valence-corrected chi connectivity index (χ3v) is 14.7. The zero-order valence-corrected chi connectivity index (χ0v) is 25.9. The molecule has 0 aromatic rings. The molecule has 0 radical (unpaired) electrons. The van der Waals surface area contributed by atoms with Crippen molar-refractivity contribution in [3.05, 3.63) is 0 Å².